The first-order valence-corrected chi connectivity index (χ1v) is 16.1. The first-order chi connectivity index (χ1) is 22.9. The van der Waals surface area contributed by atoms with Crippen molar-refractivity contribution >= 4 is 29.8 Å². The number of carboxylic acids is 3. The van der Waals surface area contributed by atoms with Crippen molar-refractivity contribution < 1.29 is 68.5 Å². The van der Waals surface area contributed by atoms with E-state index < -0.39 is 77.7 Å². The van der Waals surface area contributed by atoms with Crippen LogP contribution in [0.4, 0.5) is 0 Å². The maximum atomic E-state index is 13.0. The Morgan fingerprint density at radius 3 is 2.20 bits per heavy atom. The first kappa shape index (κ1) is 39.3. The van der Waals surface area contributed by atoms with Crippen molar-refractivity contribution in [3.8, 4) is 0 Å². The second-order valence-electron chi connectivity index (χ2n) is 13.1. The van der Waals surface area contributed by atoms with E-state index in [1.54, 1.807) is 6.92 Å². The predicted octanol–water partition coefficient (Wildman–Crippen LogP) is 2.88. The monoisotopic (exact) mass is 690 g/mol. The van der Waals surface area contributed by atoms with Crippen LogP contribution in [0.1, 0.15) is 65.9 Å². The highest BCUT2D eigenvalue weighted by Crippen LogP contribution is 2.56. The summed E-state index contributed by atoms with van der Waals surface area (Å²) < 4.78 is 22.0. The van der Waals surface area contributed by atoms with Gasteiger partial charge >= 0.3 is 29.8 Å². The summed E-state index contributed by atoms with van der Waals surface area (Å²) in [5.74, 6) is -11.3. The lowest BCUT2D eigenvalue weighted by Crippen LogP contribution is -2.78. The highest BCUT2D eigenvalue weighted by atomic mass is 16.8. The Hall–Kier alpha value is -4.11. The average Bonchev–Trinajstić information content (AvgIpc) is 3.25. The van der Waals surface area contributed by atoms with Gasteiger partial charge in [0.15, 0.2) is 6.10 Å². The Morgan fingerprint density at radius 2 is 1.67 bits per heavy atom. The molecule has 5 unspecified atom stereocenters. The Balaban J connectivity index is 2.02. The van der Waals surface area contributed by atoms with Gasteiger partial charge in [-0.05, 0) is 42.2 Å². The van der Waals surface area contributed by atoms with Crippen LogP contribution in [0.15, 0.2) is 54.6 Å². The van der Waals surface area contributed by atoms with Gasteiger partial charge < -0.3 is 44.5 Å². The molecule has 0 aromatic heterocycles. The zero-order valence-electron chi connectivity index (χ0n) is 28.2. The highest BCUT2D eigenvalue weighted by molar-refractivity contribution is 5.98. The fourth-order valence-corrected chi connectivity index (χ4v) is 6.58. The zero-order valence-corrected chi connectivity index (χ0v) is 28.2. The van der Waals surface area contributed by atoms with Crippen molar-refractivity contribution in [2.45, 2.75) is 108 Å². The topological polar surface area (TPSA) is 223 Å². The van der Waals surface area contributed by atoms with Crippen LogP contribution in [0.3, 0.4) is 0 Å². The van der Waals surface area contributed by atoms with Crippen LogP contribution in [0.25, 0.3) is 0 Å². The van der Waals surface area contributed by atoms with E-state index in [2.05, 4.69) is 6.58 Å². The summed E-state index contributed by atoms with van der Waals surface area (Å²) in [5, 5.41) is 53.5. The average molecular weight is 691 g/mol. The maximum absolute atomic E-state index is 13.0. The second kappa shape index (κ2) is 15.6. The summed E-state index contributed by atoms with van der Waals surface area (Å²) in [6, 6.07) is 9.29. The van der Waals surface area contributed by atoms with E-state index in [0.717, 1.165) is 18.1 Å². The van der Waals surface area contributed by atoms with Crippen LogP contribution < -0.4 is 0 Å². The lowest BCUT2D eigenvalue weighted by Gasteiger charge is -2.48. The molecule has 49 heavy (non-hydrogen) atoms. The molecule has 14 nitrogen and oxygen atoms in total. The number of carbonyl (C=O) groups is 5. The summed E-state index contributed by atoms with van der Waals surface area (Å²) in [6.07, 6.45) is -4.83. The van der Waals surface area contributed by atoms with E-state index in [-0.39, 0.29) is 23.8 Å². The minimum atomic E-state index is -3.90. The third kappa shape index (κ3) is 7.88. The van der Waals surface area contributed by atoms with E-state index >= 15 is 0 Å². The fraction of sp³-hybridized carbons (Fsp3) is 0.571. The van der Waals surface area contributed by atoms with Crippen molar-refractivity contribution in [3.05, 3.63) is 60.2 Å². The number of benzene rings is 1. The molecule has 0 radical (unpaired) electrons. The number of aliphatic carboxylic acids is 3. The molecule has 0 saturated carbocycles. The van der Waals surface area contributed by atoms with E-state index in [4.69, 9.17) is 18.9 Å². The van der Waals surface area contributed by atoms with Crippen molar-refractivity contribution in [1.82, 2.24) is 0 Å². The standard InChI is InChI=1S/C35H46O14/c1-7-19(2)17-20(3)13-14-25(37)47-28-27(38)33(48-29(30(39)40)34(45,31(41)42)35(28,49-33)32(43)44)16-15-21(4)26(46-23(6)36)22(5)18-24-11-9-8-10-12-24/h8-14,19-20,22,26-29,38,45H,4,7,15-18H2,1-3,5-6H3,(H,39,40)(H,41,42)(H,43,44)/b14-13+/t19-,20+,22+,26+,27?,28?,29?,33-,34?,35?/m0/s1. The number of carbonyl (C=O) groups excluding carboxylic acids is 2. The number of carboxylic acid groups (broad SMARTS) is 3. The van der Waals surface area contributed by atoms with Crippen molar-refractivity contribution in [2.75, 3.05) is 0 Å². The first-order valence-electron chi connectivity index (χ1n) is 16.1. The van der Waals surface area contributed by atoms with Gasteiger partial charge in [-0.2, -0.15) is 0 Å². The normalized spacial score (nSPS) is 30.1. The van der Waals surface area contributed by atoms with Gasteiger partial charge in [-0.25, -0.2) is 19.2 Å². The summed E-state index contributed by atoms with van der Waals surface area (Å²) in [7, 11) is 0. The molecule has 0 amide bonds. The number of ether oxygens (including phenoxy) is 4. The molecular formula is C35H46O14. The molecule has 3 rings (SSSR count). The summed E-state index contributed by atoms with van der Waals surface area (Å²) in [4.78, 5) is 63.0. The maximum Gasteiger partial charge on any atom is 0.344 e. The number of aliphatic hydroxyl groups is 2. The molecule has 5 N–H and O–H groups in total. The molecule has 2 fully saturated rings. The van der Waals surface area contributed by atoms with Crippen molar-refractivity contribution in [1.29, 1.82) is 0 Å². The molecule has 0 spiro atoms. The van der Waals surface area contributed by atoms with Gasteiger partial charge in [0, 0.05) is 25.3 Å². The minimum Gasteiger partial charge on any atom is -0.479 e. The van der Waals surface area contributed by atoms with Crippen LogP contribution in [0.2, 0.25) is 0 Å². The fourth-order valence-electron chi connectivity index (χ4n) is 6.58. The Morgan fingerprint density at radius 1 is 1.04 bits per heavy atom. The van der Waals surface area contributed by atoms with Crippen LogP contribution in [-0.4, -0.2) is 96.8 Å². The van der Waals surface area contributed by atoms with E-state index in [1.807, 2.05) is 51.1 Å². The van der Waals surface area contributed by atoms with Gasteiger partial charge in [0.05, 0.1) is 0 Å². The predicted molar refractivity (Wildman–Crippen MR) is 171 cm³/mol. The number of allylic oxidation sites excluding steroid dienone is 1. The molecule has 1 aromatic rings. The smallest absolute Gasteiger partial charge is 0.344 e. The molecule has 14 heteroatoms. The SMILES string of the molecule is C=C(CC[C@]12OC(C(=O)O)C(O)(C(=O)O)C(C(=O)O)(O1)C(OC(=O)/C=C/[C@@H](C)C[C@@H](C)CC)C2O)[C@@H](OC(C)=O)[C@H](C)Cc1ccccc1. The lowest BCUT2D eigenvalue weighted by molar-refractivity contribution is -0.374. The summed E-state index contributed by atoms with van der Waals surface area (Å²) in [6.45, 7) is 12.9. The van der Waals surface area contributed by atoms with Crippen molar-refractivity contribution in [2.24, 2.45) is 17.8 Å². The van der Waals surface area contributed by atoms with Gasteiger partial charge in [-0.15, -0.1) is 0 Å². The Kier molecular flexibility index (Phi) is 12.5. The number of hydrogen-bond donors (Lipinski definition) is 5. The molecule has 2 aliphatic heterocycles. The molecule has 1 aromatic carbocycles. The Bertz CT molecular complexity index is 1440. The van der Waals surface area contributed by atoms with Crippen LogP contribution in [-0.2, 0) is 49.3 Å². The van der Waals surface area contributed by atoms with Gasteiger partial charge in [0.2, 0.25) is 23.1 Å². The third-order valence-electron chi connectivity index (χ3n) is 9.29. The molecule has 2 saturated heterocycles. The number of aliphatic hydroxyl groups excluding tert-OH is 1. The van der Waals surface area contributed by atoms with Crippen LogP contribution >= 0.6 is 0 Å². The van der Waals surface area contributed by atoms with Gasteiger partial charge in [0.1, 0.15) is 12.2 Å². The van der Waals surface area contributed by atoms with E-state index in [0.29, 0.717) is 18.8 Å². The largest absolute Gasteiger partial charge is 0.479 e. The quantitative estimate of drug-likeness (QED) is 0.0901. The second-order valence-corrected chi connectivity index (χ2v) is 13.1. The molecule has 270 valence electrons. The molecule has 2 heterocycles. The molecule has 10 atom stereocenters. The van der Waals surface area contributed by atoms with E-state index in [9.17, 15) is 49.5 Å². The van der Waals surface area contributed by atoms with Gasteiger partial charge in [-0.3, -0.25) is 4.79 Å². The number of rotatable bonds is 17. The zero-order chi connectivity index (χ0) is 36.9. The number of fused-ring (bicyclic) bond motifs is 2. The Labute approximate surface area is 284 Å². The molecule has 2 bridgehead atoms. The van der Waals surface area contributed by atoms with Gasteiger partial charge in [-0.1, -0.05) is 77.1 Å². The number of hydrogen-bond acceptors (Lipinski definition) is 11. The molecule has 0 aliphatic carbocycles. The van der Waals surface area contributed by atoms with Crippen LogP contribution in [0, 0.1) is 17.8 Å². The van der Waals surface area contributed by atoms with Gasteiger partial charge in [0.25, 0.3) is 0 Å². The lowest BCUT2D eigenvalue weighted by atomic mass is 9.74. The number of esters is 2. The summed E-state index contributed by atoms with van der Waals surface area (Å²) >= 11 is 0. The molecule has 2 aliphatic rings. The van der Waals surface area contributed by atoms with Crippen molar-refractivity contribution in [3.63, 3.8) is 0 Å². The summed E-state index contributed by atoms with van der Waals surface area (Å²) in [5.41, 5.74) is -6.27. The molecular weight excluding hydrogens is 644 g/mol. The highest BCUT2D eigenvalue weighted by Gasteiger charge is 2.85. The van der Waals surface area contributed by atoms with E-state index in [1.165, 1.54) is 13.0 Å². The third-order valence-corrected chi connectivity index (χ3v) is 9.29. The van der Waals surface area contributed by atoms with Crippen LogP contribution in [0.5, 0.6) is 0 Å². The minimum absolute atomic E-state index is 0.123.